The Morgan fingerprint density at radius 3 is 2.11 bits per heavy atom. The number of aromatic nitrogens is 1. The molecule has 1 aliphatic rings. The van der Waals surface area contributed by atoms with Gasteiger partial charge < -0.3 is 40.4 Å². The Morgan fingerprint density at radius 2 is 1.58 bits per heavy atom. The van der Waals surface area contributed by atoms with E-state index in [9.17, 15) is 18.0 Å². The van der Waals surface area contributed by atoms with Gasteiger partial charge in [-0.2, -0.15) is 13.2 Å². The number of anilines is 3. The van der Waals surface area contributed by atoms with Crippen LogP contribution in [0.25, 0.3) is 10.9 Å². The molecule has 5 rings (SSSR count). The lowest BCUT2D eigenvalue weighted by molar-refractivity contribution is -0.137. The first-order chi connectivity index (χ1) is 26.4. The molecule has 1 fully saturated rings. The fourth-order valence-corrected chi connectivity index (χ4v) is 5.12. The van der Waals surface area contributed by atoms with Crippen molar-refractivity contribution in [3.63, 3.8) is 0 Å². The Morgan fingerprint density at radius 1 is 0.982 bits per heavy atom. The summed E-state index contributed by atoms with van der Waals surface area (Å²) in [6, 6.07) is 15.3. The molecule has 0 spiro atoms. The lowest BCUT2D eigenvalue weighted by atomic mass is 10.0. The van der Waals surface area contributed by atoms with Crippen LogP contribution in [-0.2, 0) is 15.8 Å². The largest absolute Gasteiger partial charge is 0.493 e. The topological polar surface area (TPSA) is 143 Å². The molecule has 2 amide bonds. The molecule has 55 heavy (non-hydrogen) atoms. The summed E-state index contributed by atoms with van der Waals surface area (Å²) < 4.78 is 58.9. The predicted molar refractivity (Wildman–Crippen MR) is 211 cm³/mol. The number of aldehydes is 2. The number of piperidine rings is 1. The lowest BCUT2D eigenvalue weighted by Crippen LogP contribution is -2.41. The monoisotopic (exact) mass is 764 g/mol. The van der Waals surface area contributed by atoms with Crippen molar-refractivity contribution < 1.29 is 41.8 Å². The summed E-state index contributed by atoms with van der Waals surface area (Å²) in [5.41, 5.74) is 0.363. The molecule has 4 N–H and O–H groups in total. The fourth-order valence-electron chi connectivity index (χ4n) is 5.12. The normalized spacial score (nSPS) is 12.1. The average molecular weight is 765 g/mol. The van der Waals surface area contributed by atoms with Crippen LogP contribution in [0.1, 0.15) is 25.3 Å². The van der Waals surface area contributed by atoms with Crippen molar-refractivity contribution in [2.45, 2.75) is 32.0 Å². The van der Waals surface area contributed by atoms with Crippen LogP contribution < -0.4 is 40.4 Å². The summed E-state index contributed by atoms with van der Waals surface area (Å²) in [6.45, 7) is 7.27. The number of methoxy groups -OCH3 is 2. The van der Waals surface area contributed by atoms with Crippen LogP contribution in [0.3, 0.4) is 0 Å². The number of hydrogen-bond acceptors (Lipinski definition) is 10. The first-order valence-electron chi connectivity index (χ1n) is 17.0. The number of allylic oxidation sites excluding steroid dienone is 1. The van der Waals surface area contributed by atoms with Gasteiger partial charge in [0.1, 0.15) is 17.8 Å². The van der Waals surface area contributed by atoms with Crippen molar-refractivity contribution in [1.29, 1.82) is 0 Å². The summed E-state index contributed by atoms with van der Waals surface area (Å²) >= 11 is 0. The highest BCUT2D eigenvalue weighted by Gasteiger charge is 2.36. The van der Waals surface area contributed by atoms with Crippen LogP contribution in [-0.4, -0.2) is 77.6 Å². The minimum absolute atomic E-state index is 0.0266. The van der Waals surface area contributed by atoms with Crippen LogP contribution in [0.4, 0.5) is 35.0 Å². The molecule has 0 radical (unpaired) electrons. The molecule has 2 heterocycles. The summed E-state index contributed by atoms with van der Waals surface area (Å²) in [4.78, 5) is 36.9. The van der Waals surface area contributed by atoms with Crippen LogP contribution >= 0.6 is 0 Å². The van der Waals surface area contributed by atoms with E-state index >= 15 is 0 Å². The number of halogens is 3. The molecule has 0 unspecified atom stereocenters. The minimum atomic E-state index is -4.58. The highest BCUT2D eigenvalue weighted by molar-refractivity contribution is 6.00. The van der Waals surface area contributed by atoms with Gasteiger partial charge in [-0.05, 0) is 87.9 Å². The molecule has 0 bridgehead atoms. The minimum Gasteiger partial charge on any atom is -0.493 e. The standard InChI is InChI=1S/C31H32F3N5O4.C3H9N.C3H4O.C3H2O/c1-35-19-10-13-39(14-11-19)26-8-7-21(16-24(26)31(32,33)34)38-30(40)37-20-5-4-6-22(15-20)43-27-9-12-36-25-18-29(42-3)28(41-2)17-23(25)27;1-3-4-2;2*1-2-3-4/h4-9,12,15-19,35H,10-11,13-14H2,1-3H3,(H2,37,38,40);4H,3H2,1-2H3;2-3H,1H2;1,3H. The van der Waals surface area contributed by atoms with Gasteiger partial charge in [0.25, 0.3) is 0 Å². The molecule has 1 saturated heterocycles. The van der Waals surface area contributed by atoms with E-state index in [2.05, 4.69) is 46.2 Å². The SMILES string of the molecule is C#CC=O.C=CC=O.CCNC.CNC1CCN(c2ccc(NC(=O)Nc3cccc(Oc4ccnc5cc(OC)c(OC)cc45)c3)cc2C(F)(F)F)CC1. The van der Waals surface area contributed by atoms with Gasteiger partial charge in [-0.25, -0.2) is 4.79 Å². The van der Waals surface area contributed by atoms with E-state index in [-0.39, 0.29) is 17.4 Å². The van der Waals surface area contributed by atoms with Gasteiger partial charge in [0.2, 0.25) is 0 Å². The second-order valence-corrected chi connectivity index (χ2v) is 11.4. The Kier molecular flexibility index (Phi) is 19.3. The van der Waals surface area contributed by atoms with Crippen molar-refractivity contribution in [3.8, 4) is 35.3 Å². The molecular formula is C40H47F3N6O6. The molecule has 0 saturated carbocycles. The van der Waals surface area contributed by atoms with E-state index in [0.717, 1.165) is 25.5 Å². The van der Waals surface area contributed by atoms with Crippen molar-refractivity contribution in [2.24, 2.45) is 0 Å². The lowest BCUT2D eigenvalue weighted by Gasteiger charge is -2.35. The third kappa shape index (κ3) is 14.3. The number of carbonyl (C=O) groups is 3. The summed E-state index contributed by atoms with van der Waals surface area (Å²) in [7, 11) is 6.86. The van der Waals surface area contributed by atoms with Crippen molar-refractivity contribution in [2.75, 3.05) is 63.5 Å². The first-order valence-corrected chi connectivity index (χ1v) is 17.0. The van der Waals surface area contributed by atoms with E-state index in [1.54, 1.807) is 59.5 Å². The highest BCUT2D eigenvalue weighted by Crippen LogP contribution is 2.40. The number of fused-ring (bicyclic) bond motifs is 1. The summed E-state index contributed by atoms with van der Waals surface area (Å²) in [5.74, 6) is 3.72. The molecule has 4 aromatic rings. The number of nitrogens with zero attached hydrogens (tertiary/aromatic N) is 2. The maximum Gasteiger partial charge on any atom is 0.418 e. The highest BCUT2D eigenvalue weighted by atomic mass is 19.4. The van der Waals surface area contributed by atoms with Gasteiger partial charge in [0.05, 0.1) is 25.3 Å². The number of terminal acetylenes is 1. The molecule has 1 aliphatic heterocycles. The summed E-state index contributed by atoms with van der Waals surface area (Å²) in [5, 5.41) is 12.0. The van der Waals surface area contributed by atoms with Crippen molar-refractivity contribution in [1.82, 2.24) is 15.6 Å². The Balaban J connectivity index is 0.000000764. The number of rotatable bonds is 10. The zero-order valence-electron chi connectivity index (χ0n) is 31.5. The number of pyridine rings is 1. The van der Waals surface area contributed by atoms with Gasteiger partial charge in [0, 0.05) is 59.9 Å². The second kappa shape index (κ2) is 23.5. The van der Waals surface area contributed by atoms with Gasteiger partial charge in [-0.1, -0.05) is 19.6 Å². The molecule has 0 aliphatic carbocycles. The number of amides is 2. The maximum atomic E-state index is 14.0. The Hall–Kier alpha value is -6.11. The number of alkyl halides is 3. The number of nitrogens with one attached hydrogen (secondary N) is 4. The number of ether oxygens (including phenoxy) is 3. The number of benzene rings is 3. The van der Waals surface area contributed by atoms with E-state index in [0.29, 0.717) is 65.3 Å². The molecule has 1 aromatic heterocycles. The van der Waals surface area contributed by atoms with E-state index in [1.165, 1.54) is 32.4 Å². The molecular weight excluding hydrogens is 717 g/mol. The van der Waals surface area contributed by atoms with Crippen LogP contribution in [0.15, 0.2) is 79.5 Å². The third-order valence-electron chi connectivity index (χ3n) is 7.85. The molecule has 0 atom stereocenters. The fraction of sp³-hybridized carbons (Fsp3) is 0.300. The van der Waals surface area contributed by atoms with Crippen LogP contribution in [0, 0.1) is 12.3 Å². The zero-order chi connectivity index (χ0) is 40.8. The van der Waals surface area contributed by atoms with Crippen molar-refractivity contribution in [3.05, 3.63) is 85.1 Å². The van der Waals surface area contributed by atoms with Gasteiger partial charge in [0.15, 0.2) is 17.8 Å². The number of carbonyl (C=O) groups excluding carboxylic acids is 3. The van der Waals surface area contributed by atoms with Crippen molar-refractivity contribution >= 4 is 46.6 Å². The Labute approximate surface area is 319 Å². The van der Waals surface area contributed by atoms with E-state index in [1.807, 2.05) is 14.1 Å². The van der Waals surface area contributed by atoms with Crippen LogP contribution in [0.5, 0.6) is 23.0 Å². The van der Waals surface area contributed by atoms with E-state index < -0.39 is 17.8 Å². The summed E-state index contributed by atoms with van der Waals surface area (Å²) in [6.07, 6.45) is 5.16. The number of urea groups is 1. The maximum absolute atomic E-state index is 14.0. The second-order valence-electron chi connectivity index (χ2n) is 11.4. The smallest absolute Gasteiger partial charge is 0.418 e. The predicted octanol–water partition coefficient (Wildman–Crippen LogP) is 7.31. The average Bonchev–Trinajstić information content (AvgIpc) is 3.20. The van der Waals surface area contributed by atoms with Gasteiger partial charge in [-0.15, -0.1) is 6.42 Å². The van der Waals surface area contributed by atoms with Crippen LogP contribution in [0.2, 0.25) is 0 Å². The third-order valence-corrected chi connectivity index (χ3v) is 7.85. The van der Waals surface area contributed by atoms with Gasteiger partial charge in [-0.3, -0.25) is 14.6 Å². The molecule has 15 heteroatoms. The zero-order valence-corrected chi connectivity index (χ0v) is 31.5. The Bertz CT molecular complexity index is 1880. The molecule has 3 aromatic carbocycles. The first kappa shape index (κ1) is 45.0. The molecule has 294 valence electrons. The van der Waals surface area contributed by atoms with E-state index in [4.69, 9.17) is 23.8 Å². The number of hydrogen-bond donors (Lipinski definition) is 4. The van der Waals surface area contributed by atoms with Gasteiger partial charge >= 0.3 is 12.2 Å². The molecule has 12 nitrogen and oxygen atoms in total. The quantitative estimate of drug-likeness (QED) is 0.0738.